The molecule has 0 spiro atoms. The van der Waals surface area contributed by atoms with Crippen molar-refractivity contribution in [3.8, 4) is 0 Å². The maximum Gasteiger partial charge on any atom is 0.253 e. The Morgan fingerprint density at radius 2 is 2.14 bits per heavy atom. The third-order valence-corrected chi connectivity index (χ3v) is 4.66. The fraction of sp³-hybridized carbons (Fsp3) is 0.533. The standard InChI is InChI=1S/C15H18Cl2N2O2/c1-18-4-5-21-14(9-18)15(20)19-3-2-10-6-11(16)7-13(17)12(10)8-19/h6-7,14H,2-5,8-9H2,1H3/t14-/m0/s1. The molecule has 1 saturated heterocycles. The molecule has 1 aromatic carbocycles. The fourth-order valence-corrected chi connectivity index (χ4v) is 3.50. The van der Waals surface area contributed by atoms with Gasteiger partial charge in [-0.3, -0.25) is 4.79 Å². The lowest BCUT2D eigenvalue weighted by Gasteiger charge is -2.35. The van der Waals surface area contributed by atoms with E-state index in [9.17, 15) is 4.79 Å². The van der Waals surface area contributed by atoms with Crippen LogP contribution in [0.2, 0.25) is 10.0 Å². The summed E-state index contributed by atoms with van der Waals surface area (Å²) in [6, 6.07) is 3.68. The van der Waals surface area contributed by atoms with Gasteiger partial charge in [0.25, 0.3) is 5.91 Å². The van der Waals surface area contributed by atoms with E-state index in [1.165, 1.54) is 0 Å². The topological polar surface area (TPSA) is 32.8 Å². The van der Waals surface area contributed by atoms with E-state index in [1.807, 2.05) is 18.0 Å². The van der Waals surface area contributed by atoms with Crippen LogP contribution in [0.1, 0.15) is 11.1 Å². The highest BCUT2D eigenvalue weighted by molar-refractivity contribution is 6.35. The molecular weight excluding hydrogens is 311 g/mol. The van der Waals surface area contributed by atoms with E-state index in [1.54, 1.807) is 6.07 Å². The molecule has 0 unspecified atom stereocenters. The number of likely N-dealkylation sites (N-methyl/N-ethyl adjacent to an activating group) is 1. The number of carbonyl (C=O) groups excluding carboxylic acids is 1. The van der Waals surface area contributed by atoms with Crippen molar-refractivity contribution < 1.29 is 9.53 Å². The smallest absolute Gasteiger partial charge is 0.253 e. The van der Waals surface area contributed by atoms with Crippen molar-refractivity contribution in [2.45, 2.75) is 19.1 Å². The number of carbonyl (C=O) groups is 1. The summed E-state index contributed by atoms with van der Waals surface area (Å²) in [5, 5.41) is 1.28. The molecule has 2 aliphatic heterocycles. The quantitative estimate of drug-likeness (QED) is 0.792. The Labute approximate surface area is 134 Å². The number of fused-ring (bicyclic) bond motifs is 1. The van der Waals surface area contributed by atoms with Crippen LogP contribution in [0.4, 0.5) is 0 Å². The molecule has 1 atom stereocenters. The van der Waals surface area contributed by atoms with E-state index >= 15 is 0 Å². The maximum absolute atomic E-state index is 12.6. The number of benzene rings is 1. The van der Waals surface area contributed by atoms with Crippen LogP contribution in [0.15, 0.2) is 12.1 Å². The average Bonchev–Trinajstić information content (AvgIpc) is 2.46. The average molecular weight is 329 g/mol. The largest absolute Gasteiger partial charge is 0.366 e. The minimum atomic E-state index is -0.364. The number of morpholine rings is 1. The second kappa shape index (κ2) is 6.13. The van der Waals surface area contributed by atoms with Crippen LogP contribution >= 0.6 is 23.2 Å². The number of nitrogens with zero attached hydrogens (tertiary/aromatic N) is 2. The predicted octanol–water partition coefficient (Wildman–Crippen LogP) is 2.21. The highest BCUT2D eigenvalue weighted by atomic mass is 35.5. The number of rotatable bonds is 1. The third kappa shape index (κ3) is 3.19. The van der Waals surface area contributed by atoms with Gasteiger partial charge in [0.15, 0.2) is 0 Å². The molecule has 114 valence electrons. The Bertz CT molecular complexity index is 565. The molecule has 4 nitrogen and oxygen atoms in total. The Hall–Kier alpha value is -0.810. The summed E-state index contributed by atoms with van der Waals surface area (Å²) in [5.74, 6) is 0.0539. The van der Waals surface area contributed by atoms with Gasteiger partial charge in [-0.2, -0.15) is 0 Å². The van der Waals surface area contributed by atoms with Gasteiger partial charge in [-0.1, -0.05) is 23.2 Å². The van der Waals surface area contributed by atoms with E-state index in [0.717, 1.165) is 24.1 Å². The third-order valence-electron chi connectivity index (χ3n) is 4.11. The van der Waals surface area contributed by atoms with Gasteiger partial charge in [0.1, 0.15) is 6.10 Å². The normalized spacial score (nSPS) is 23.0. The molecule has 3 rings (SSSR count). The lowest BCUT2D eigenvalue weighted by Crippen LogP contribution is -2.50. The summed E-state index contributed by atoms with van der Waals surface area (Å²) in [5.41, 5.74) is 2.14. The van der Waals surface area contributed by atoms with Gasteiger partial charge in [-0.05, 0) is 36.7 Å². The summed E-state index contributed by atoms with van der Waals surface area (Å²) in [7, 11) is 2.01. The zero-order valence-corrected chi connectivity index (χ0v) is 13.5. The second-order valence-electron chi connectivity index (χ2n) is 5.66. The number of hydrogen-bond donors (Lipinski definition) is 0. The maximum atomic E-state index is 12.6. The lowest BCUT2D eigenvalue weighted by molar-refractivity contribution is -0.149. The van der Waals surface area contributed by atoms with Gasteiger partial charge in [0.05, 0.1) is 6.61 Å². The molecule has 6 heteroatoms. The zero-order valence-electron chi connectivity index (χ0n) is 11.9. The first kappa shape index (κ1) is 15.1. The number of hydrogen-bond acceptors (Lipinski definition) is 3. The van der Waals surface area contributed by atoms with Crippen LogP contribution in [0.3, 0.4) is 0 Å². The Kier molecular flexibility index (Phi) is 4.41. The second-order valence-corrected chi connectivity index (χ2v) is 6.50. The zero-order chi connectivity index (χ0) is 15.0. The molecular formula is C15H18Cl2N2O2. The minimum Gasteiger partial charge on any atom is -0.366 e. The number of halogens is 2. The highest BCUT2D eigenvalue weighted by Crippen LogP contribution is 2.30. The van der Waals surface area contributed by atoms with Crippen molar-refractivity contribution in [1.82, 2.24) is 9.80 Å². The van der Waals surface area contributed by atoms with Crippen LogP contribution in [-0.4, -0.2) is 55.1 Å². The van der Waals surface area contributed by atoms with Gasteiger partial charge in [-0.25, -0.2) is 0 Å². The van der Waals surface area contributed by atoms with Crippen LogP contribution < -0.4 is 0 Å². The SMILES string of the molecule is CN1CCO[C@H](C(=O)N2CCc3cc(Cl)cc(Cl)c3C2)C1. The van der Waals surface area contributed by atoms with Gasteiger partial charge in [-0.15, -0.1) is 0 Å². The van der Waals surface area contributed by atoms with Crippen LogP contribution in [0.5, 0.6) is 0 Å². The van der Waals surface area contributed by atoms with Gasteiger partial charge in [0.2, 0.25) is 0 Å². The van der Waals surface area contributed by atoms with Crippen LogP contribution in [0.25, 0.3) is 0 Å². The Morgan fingerprint density at radius 3 is 2.90 bits per heavy atom. The first-order valence-electron chi connectivity index (χ1n) is 7.10. The van der Waals surface area contributed by atoms with Crippen molar-refractivity contribution in [2.24, 2.45) is 0 Å². The first-order valence-corrected chi connectivity index (χ1v) is 7.86. The van der Waals surface area contributed by atoms with Gasteiger partial charge >= 0.3 is 0 Å². The van der Waals surface area contributed by atoms with E-state index in [0.29, 0.717) is 36.3 Å². The first-order chi connectivity index (χ1) is 10.0. The molecule has 0 aliphatic carbocycles. The monoisotopic (exact) mass is 328 g/mol. The molecule has 0 aromatic heterocycles. The molecule has 0 N–H and O–H groups in total. The number of ether oxygens (including phenoxy) is 1. The summed E-state index contributed by atoms with van der Waals surface area (Å²) >= 11 is 12.3. The molecule has 1 aromatic rings. The number of amides is 1. The Morgan fingerprint density at radius 1 is 1.33 bits per heavy atom. The summed E-state index contributed by atoms with van der Waals surface area (Å²) < 4.78 is 5.61. The van der Waals surface area contributed by atoms with E-state index in [4.69, 9.17) is 27.9 Å². The van der Waals surface area contributed by atoms with Gasteiger partial charge < -0.3 is 14.5 Å². The molecule has 21 heavy (non-hydrogen) atoms. The molecule has 0 radical (unpaired) electrons. The van der Waals surface area contributed by atoms with E-state index < -0.39 is 0 Å². The van der Waals surface area contributed by atoms with E-state index in [-0.39, 0.29) is 12.0 Å². The van der Waals surface area contributed by atoms with Crippen molar-refractivity contribution in [3.63, 3.8) is 0 Å². The lowest BCUT2D eigenvalue weighted by atomic mass is 9.99. The van der Waals surface area contributed by atoms with Crippen LogP contribution in [-0.2, 0) is 22.5 Å². The molecule has 2 aliphatic rings. The molecule has 0 bridgehead atoms. The molecule has 1 amide bonds. The summed E-state index contributed by atoms with van der Waals surface area (Å²) in [4.78, 5) is 16.6. The molecule has 2 heterocycles. The van der Waals surface area contributed by atoms with Crippen molar-refractivity contribution in [1.29, 1.82) is 0 Å². The van der Waals surface area contributed by atoms with Crippen molar-refractivity contribution in [2.75, 3.05) is 33.3 Å². The fourth-order valence-electron chi connectivity index (χ4n) is 2.90. The molecule has 1 fully saturated rings. The summed E-state index contributed by atoms with van der Waals surface area (Å²) in [6.07, 6.45) is 0.417. The molecule has 0 saturated carbocycles. The van der Waals surface area contributed by atoms with Crippen molar-refractivity contribution >= 4 is 29.1 Å². The van der Waals surface area contributed by atoms with Gasteiger partial charge in [0, 0.05) is 36.2 Å². The van der Waals surface area contributed by atoms with Crippen molar-refractivity contribution in [3.05, 3.63) is 33.3 Å². The minimum absolute atomic E-state index is 0.0539. The summed E-state index contributed by atoms with van der Waals surface area (Å²) in [6.45, 7) is 3.35. The van der Waals surface area contributed by atoms with E-state index in [2.05, 4.69) is 4.90 Å². The van der Waals surface area contributed by atoms with Crippen LogP contribution in [0, 0.1) is 0 Å². The highest BCUT2D eigenvalue weighted by Gasteiger charge is 2.31. The Balaban J connectivity index is 1.75. The predicted molar refractivity (Wildman–Crippen MR) is 82.8 cm³/mol.